The molecule has 4 nitrogen and oxygen atoms in total. The zero-order valence-corrected chi connectivity index (χ0v) is 5.80. The van der Waals surface area contributed by atoms with Crippen molar-refractivity contribution >= 4 is 17.6 Å². The number of hydrogen-bond acceptors (Lipinski definition) is 5. The van der Waals surface area contributed by atoms with Gasteiger partial charge in [-0.1, -0.05) is 0 Å². The zero-order valence-electron chi connectivity index (χ0n) is 4.98. The molecular formula is C5H4N4S. The van der Waals surface area contributed by atoms with Crippen LogP contribution < -0.4 is 5.84 Å². The molecule has 0 saturated carbocycles. The Labute approximate surface area is 61.6 Å². The van der Waals surface area contributed by atoms with Crippen molar-refractivity contribution in [1.29, 1.82) is 5.26 Å². The quantitative estimate of drug-likeness (QED) is 0.357. The van der Waals surface area contributed by atoms with Crippen LogP contribution in [0.4, 0.5) is 0 Å². The highest BCUT2D eigenvalue weighted by Gasteiger charge is 1.95. The van der Waals surface area contributed by atoms with Crippen molar-refractivity contribution in [3.63, 3.8) is 0 Å². The predicted molar refractivity (Wildman–Crippen MR) is 38.6 cm³/mol. The smallest absolute Gasteiger partial charge is 0.152 e. The van der Waals surface area contributed by atoms with Gasteiger partial charge < -0.3 is 5.84 Å². The molecule has 0 aliphatic rings. The van der Waals surface area contributed by atoms with Crippen LogP contribution in [-0.4, -0.2) is 11.2 Å². The van der Waals surface area contributed by atoms with Gasteiger partial charge in [0.2, 0.25) is 0 Å². The van der Waals surface area contributed by atoms with Gasteiger partial charge in [0.1, 0.15) is 11.1 Å². The minimum atomic E-state index is 0.403. The number of aromatic nitrogens is 1. The number of nitriles is 1. The fourth-order valence-electron chi connectivity index (χ4n) is 0.462. The van der Waals surface area contributed by atoms with Crippen molar-refractivity contribution in [3.05, 3.63) is 16.1 Å². The molecule has 0 saturated heterocycles. The SMILES string of the molecule is N#Cc1csc(/C=N/N)n1. The van der Waals surface area contributed by atoms with Crippen molar-refractivity contribution < 1.29 is 0 Å². The molecule has 1 aromatic rings. The van der Waals surface area contributed by atoms with Gasteiger partial charge in [-0.25, -0.2) is 4.98 Å². The third kappa shape index (κ3) is 1.30. The standard InChI is InChI=1S/C5H4N4S/c6-1-4-3-10-5(9-4)2-8-7/h2-3H,7H2/b8-2+. The Bertz CT molecular complexity index is 282. The lowest BCUT2D eigenvalue weighted by Crippen LogP contribution is -1.84. The van der Waals surface area contributed by atoms with Gasteiger partial charge in [0, 0.05) is 5.38 Å². The molecule has 0 bridgehead atoms. The van der Waals surface area contributed by atoms with Gasteiger partial charge >= 0.3 is 0 Å². The minimum Gasteiger partial charge on any atom is -0.323 e. The van der Waals surface area contributed by atoms with Crippen LogP contribution in [0.1, 0.15) is 10.7 Å². The molecule has 10 heavy (non-hydrogen) atoms. The molecule has 2 N–H and O–H groups in total. The van der Waals surface area contributed by atoms with Gasteiger partial charge in [-0.3, -0.25) is 0 Å². The van der Waals surface area contributed by atoms with E-state index < -0.39 is 0 Å². The molecule has 0 aliphatic heterocycles. The summed E-state index contributed by atoms with van der Waals surface area (Å²) < 4.78 is 0. The number of nitrogens with two attached hydrogens (primary N) is 1. The van der Waals surface area contributed by atoms with Crippen molar-refractivity contribution in [2.75, 3.05) is 0 Å². The minimum absolute atomic E-state index is 0.403. The zero-order chi connectivity index (χ0) is 7.40. The van der Waals surface area contributed by atoms with Crippen LogP contribution >= 0.6 is 11.3 Å². The van der Waals surface area contributed by atoms with Crippen LogP contribution in [0.2, 0.25) is 0 Å². The molecule has 0 radical (unpaired) electrons. The monoisotopic (exact) mass is 152 g/mol. The number of nitrogens with zero attached hydrogens (tertiary/aromatic N) is 3. The van der Waals surface area contributed by atoms with E-state index >= 15 is 0 Å². The van der Waals surface area contributed by atoms with Gasteiger partial charge in [-0.15, -0.1) is 11.3 Å². The number of hydrogen-bond donors (Lipinski definition) is 1. The van der Waals surface area contributed by atoms with Crippen molar-refractivity contribution in [2.24, 2.45) is 10.9 Å². The summed E-state index contributed by atoms with van der Waals surface area (Å²) in [6, 6.07) is 1.90. The summed E-state index contributed by atoms with van der Waals surface area (Å²) in [7, 11) is 0. The maximum absolute atomic E-state index is 8.34. The first kappa shape index (κ1) is 6.71. The molecule has 50 valence electrons. The predicted octanol–water partition coefficient (Wildman–Crippen LogP) is 0.307. The third-order valence-electron chi connectivity index (χ3n) is 0.821. The molecule has 1 heterocycles. The van der Waals surface area contributed by atoms with E-state index in [4.69, 9.17) is 11.1 Å². The average Bonchev–Trinajstić information content (AvgIpc) is 2.37. The molecule has 0 spiro atoms. The summed E-state index contributed by atoms with van der Waals surface area (Å²) in [5.74, 6) is 4.86. The highest BCUT2D eigenvalue weighted by atomic mass is 32.1. The molecule has 0 amide bonds. The van der Waals surface area contributed by atoms with Gasteiger partial charge in [-0.05, 0) is 0 Å². The van der Waals surface area contributed by atoms with E-state index in [-0.39, 0.29) is 0 Å². The van der Waals surface area contributed by atoms with Crippen molar-refractivity contribution in [1.82, 2.24) is 4.98 Å². The van der Waals surface area contributed by atoms with E-state index in [2.05, 4.69) is 10.1 Å². The lowest BCUT2D eigenvalue weighted by Gasteiger charge is -1.74. The van der Waals surface area contributed by atoms with Crippen molar-refractivity contribution in [2.45, 2.75) is 0 Å². The molecule has 1 rings (SSSR count). The largest absolute Gasteiger partial charge is 0.323 e. The van der Waals surface area contributed by atoms with Gasteiger partial charge in [-0.2, -0.15) is 10.4 Å². The molecule has 5 heteroatoms. The van der Waals surface area contributed by atoms with Crippen LogP contribution in [0.15, 0.2) is 10.5 Å². The Morgan fingerprint density at radius 2 is 2.70 bits per heavy atom. The second-order valence-electron chi connectivity index (χ2n) is 1.46. The Kier molecular flexibility index (Phi) is 1.97. The fraction of sp³-hybridized carbons (Fsp3) is 0. The Morgan fingerprint density at radius 1 is 1.90 bits per heavy atom. The number of rotatable bonds is 1. The lowest BCUT2D eigenvalue weighted by atomic mass is 10.6. The van der Waals surface area contributed by atoms with E-state index in [0.29, 0.717) is 10.7 Å². The second-order valence-corrected chi connectivity index (χ2v) is 2.35. The second kappa shape index (κ2) is 2.94. The van der Waals surface area contributed by atoms with E-state index in [9.17, 15) is 0 Å². The maximum Gasteiger partial charge on any atom is 0.152 e. The first-order valence-corrected chi connectivity index (χ1v) is 3.33. The summed E-state index contributed by atoms with van der Waals surface area (Å²) in [6.07, 6.45) is 1.41. The maximum atomic E-state index is 8.34. The molecule has 0 aromatic carbocycles. The first-order valence-electron chi connectivity index (χ1n) is 2.45. The van der Waals surface area contributed by atoms with Crippen LogP contribution in [0.25, 0.3) is 0 Å². The first-order chi connectivity index (χ1) is 4.86. The molecule has 0 atom stereocenters. The van der Waals surface area contributed by atoms with Crippen LogP contribution in [0.3, 0.4) is 0 Å². The number of thiazole rings is 1. The summed E-state index contributed by atoms with van der Waals surface area (Å²) in [5, 5.41) is 13.9. The summed E-state index contributed by atoms with van der Waals surface area (Å²) >= 11 is 1.34. The Hall–Kier alpha value is -1.41. The average molecular weight is 152 g/mol. The lowest BCUT2D eigenvalue weighted by molar-refractivity contribution is 1.25. The third-order valence-corrected chi connectivity index (χ3v) is 1.60. The van der Waals surface area contributed by atoms with E-state index in [0.717, 1.165) is 0 Å². The van der Waals surface area contributed by atoms with Crippen LogP contribution in [-0.2, 0) is 0 Å². The highest BCUT2D eigenvalue weighted by Crippen LogP contribution is 2.05. The van der Waals surface area contributed by atoms with E-state index in [1.54, 1.807) is 5.38 Å². The summed E-state index contributed by atoms with van der Waals surface area (Å²) in [4.78, 5) is 3.85. The molecule has 0 unspecified atom stereocenters. The number of hydrazone groups is 1. The van der Waals surface area contributed by atoms with Gasteiger partial charge in [0.05, 0.1) is 6.21 Å². The van der Waals surface area contributed by atoms with E-state index in [1.807, 2.05) is 6.07 Å². The molecule has 0 fully saturated rings. The van der Waals surface area contributed by atoms with Crippen LogP contribution in [0.5, 0.6) is 0 Å². The topological polar surface area (TPSA) is 75.1 Å². The molecule has 1 aromatic heterocycles. The molecule has 0 aliphatic carbocycles. The molecular weight excluding hydrogens is 148 g/mol. The fourth-order valence-corrected chi connectivity index (χ4v) is 1.07. The van der Waals surface area contributed by atoms with E-state index in [1.165, 1.54) is 17.6 Å². The van der Waals surface area contributed by atoms with Gasteiger partial charge in [0.25, 0.3) is 0 Å². The van der Waals surface area contributed by atoms with Crippen LogP contribution in [0, 0.1) is 11.3 Å². The normalized spacial score (nSPS) is 9.90. The van der Waals surface area contributed by atoms with Crippen molar-refractivity contribution in [3.8, 4) is 6.07 Å². The summed E-state index contributed by atoms with van der Waals surface area (Å²) in [6.45, 7) is 0. The Morgan fingerprint density at radius 3 is 3.20 bits per heavy atom. The highest BCUT2D eigenvalue weighted by molar-refractivity contribution is 7.11. The summed E-state index contributed by atoms with van der Waals surface area (Å²) in [5.41, 5.74) is 0.403. The van der Waals surface area contributed by atoms with Gasteiger partial charge in [0.15, 0.2) is 5.69 Å². The Balaban J connectivity index is 2.91.